The molecule has 1 heterocycles. The SMILES string of the molecule is CCCCCCCCCCCCCC(CC)OC(=O)N1CCNCC1. The molecule has 4 heteroatoms. The molecule has 0 aromatic rings. The maximum absolute atomic E-state index is 12.1. The third-order valence-electron chi connectivity index (χ3n) is 5.23. The van der Waals surface area contributed by atoms with Crippen LogP contribution in [0.2, 0.25) is 0 Å². The summed E-state index contributed by atoms with van der Waals surface area (Å²) in [5.41, 5.74) is 0. The smallest absolute Gasteiger partial charge is 0.410 e. The van der Waals surface area contributed by atoms with Crippen molar-refractivity contribution in [3.05, 3.63) is 0 Å². The molecular weight excluding hydrogens is 312 g/mol. The molecule has 1 aliphatic heterocycles. The quantitative estimate of drug-likeness (QED) is 0.418. The Labute approximate surface area is 156 Å². The van der Waals surface area contributed by atoms with Crippen LogP contribution in [0.4, 0.5) is 4.79 Å². The van der Waals surface area contributed by atoms with Gasteiger partial charge in [-0.25, -0.2) is 4.79 Å². The Morgan fingerprint density at radius 2 is 1.40 bits per heavy atom. The number of carbonyl (C=O) groups excluding carboxylic acids is 1. The minimum absolute atomic E-state index is 0.0981. The number of nitrogens with one attached hydrogen (secondary N) is 1. The van der Waals surface area contributed by atoms with Gasteiger partial charge in [0.05, 0.1) is 0 Å². The average molecular weight is 355 g/mol. The van der Waals surface area contributed by atoms with Crippen molar-refractivity contribution in [3.63, 3.8) is 0 Å². The fourth-order valence-electron chi connectivity index (χ4n) is 3.45. The lowest BCUT2D eigenvalue weighted by atomic mass is 10.0. The van der Waals surface area contributed by atoms with Gasteiger partial charge in [0.2, 0.25) is 0 Å². The summed E-state index contributed by atoms with van der Waals surface area (Å²) in [6, 6.07) is 0. The molecule has 1 atom stereocenters. The molecule has 25 heavy (non-hydrogen) atoms. The summed E-state index contributed by atoms with van der Waals surface area (Å²) in [5.74, 6) is 0. The first-order chi connectivity index (χ1) is 12.3. The van der Waals surface area contributed by atoms with Crippen molar-refractivity contribution in [2.24, 2.45) is 0 Å². The van der Waals surface area contributed by atoms with Gasteiger partial charge in [-0.2, -0.15) is 0 Å². The minimum Gasteiger partial charge on any atom is -0.446 e. The highest BCUT2D eigenvalue weighted by Gasteiger charge is 2.20. The fourth-order valence-corrected chi connectivity index (χ4v) is 3.45. The predicted octanol–water partition coefficient (Wildman–Crippen LogP) is 5.51. The van der Waals surface area contributed by atoms with E-state index in [-0.39, 0.29) is 12.2 Å². The van der Waals surface area contributed by atoms with Gasteiger partial charge < -0.3 is 15.0 Å². The van der Waals surface area contributed by atoms with E-state index in [9.17, 15) is 4.79 Å². The van der Waals surface area contributed by atoms with Gasteiger partial charge in [0.15, 0.2) is 0 Å². The van der Waals surface area contributed by atoms with Crippen LogP contribution in [0.25, 0.3) is 0 Å². The topological polar surface area (TPSA) is 41.6 Å². The van der Waals surface area contributed by atoms with Crippen molar-refractivity contribution in [1.29, 1.82) is 0 Å². The van der Waals surface area contributed by atoms with E-state index in [1.807, 2.05) is 4.90 Å². The monoisotopic (exact) mass is 354 g/mol. The Morgan fingerprint density at radius 1 is 0.880 bits per heavy atom. The Morgan fingerprint density at radius 3 is 1.92 bits per heavy atom. The normalized spacial score (nSPS) is 16.0. The number of carbonyl (C=O) groups is 1. The zero-order valence-corrected chi connectivity index (χ0v) is 16.9. The van der Waals surface area contributed by atoms with Gasteiger partial charge in [-0.05, 0) is 19.3 Å². The molecule has 1 N–H and O–H groups in total. The summed E-state index contributed by atoms with van der Waals surface area (Å²) in [6.07, 6.45) is 16.9. The zero-order valence-electron chi connectivity index (χ0n) is 16.9. The predicted molar refractivity (Wildman–Crippen MR) is 106 cm³/mol. The van der Waals surface area contributed by atoms with Gasteiger partial charge in [-0.15, -0.1) is 0 Å². The van der Waals surface area contributed by atoms with Crippen molar-refractivity contribution < 1.29 is 9.53 Å². The zero-order chi connectivity index (χ0) is 18.2. The van der Waals surface area contributed by atoms with E-state index in [0.717, 1.165) is 39.0 Å². The summed E-state index contributed by atoms with van der Waals surface area (Å²) in [5, 5.41) is 3.26. The molecule has 0 aliphatic carbocycles. The first-order valence-electron chi connectivity index (χ1n) is 10.9. The summed E-state index contributed by atoms with van der Waals surface area (Å²) in [7, 11) is 0. The number of unbranched alkanes of at least 4 members (excludes halogenated alkanes) is 10. The van der Waals surface area contributed by atoms with Crippen LogP contribution in [0.15, 0.2) is 0 Å². The van der Waals surface area contributed by atoms with Crippen molar-refractivity contribution in [2.45, 2.75) is 103 Å². The molecule has 1 aliphatic rings. The number of hydrogen-bond acceptors (Lipinski definition) is 3. The molecule has 1 rings (SSSR count). The first-order valence-corrected chi connectivity index (χ1v) is 10.9. The molecule has 0 aromatic heterocycles. The largest absolute Gasteiger partial charge is 0.446 e. The maximum atomic E-state index is 12.1. The number of amides is 1. The molecule has 0 spiro atoms. The van der Waals surface area contributed by atoms with Gasteiger partial charge in [-0.3, -0.25) is 0 Å². The lowest BCUT2D eigenvalue weighted by Gasteiger charge is -2.28. The van der Waals surface area contributed by atoms with Crippen LogP contribution in [-0.2, 0) is 4.74 Å². The van der Waals surface area contributed by atoms with Gasteiger partial charge in [-0.1, -0.05) is 78.1 Å². The standard InChI is InChI=1S/C21H42N2O2/c1-3-5-6-7-8-9-10-11-12-13-14-15-20(4-2)25-21(24)23-18-16-22-17-19-23/h20,22H,3-19H2,1-2H3. The number of nitrogens with zero attached hydrogens (tertiary/aromatic N) is 1. The van der Waals surface area contributed by atoms with Gasteiger partial charge in [0.1, 0.15) is 6.10 Å². The second-order valence-electron chi connectivity index (χ2n) is 7.48. The van der Waals surface area contributed by atoms with Gasteiger partial charge in [0.25, 0.3) is 0 Å². The van der Waals surface area contributed by atoms with Gasteiger partial charge >= 0.3 is 6.09 Å². The molecule has 1 amide bonds. The Balaban J connectivity index is 1.95. The van der Waals surface area contributed by atoms with Gasteiger partial charge in [0, 0.05) is 26.2 Å². The number of piperazine rings is 1. The van der Waals surface area contributed by atoms with Crippen molar-refractivity contribution in [3.8, 4) is 0 Å². The van der Waals surface area contributed by atoms with E-state index in [4.69, 9.17) is 4.74 Å². The van der Waals surface area contributed by atoms with E-state index < -0.39 is 0 Å². The molecule has 0 radical (unpaired) electrons. The number of hydrogen-bond donors (Lipinski definition) is 1. The van der Waals surface area contributed by atoms with Crippen LogP contribution in [0.1, 0.15) is 97.3 Å². The van der Waals surface area contributed by atoms with E-state index in [1.165, 1.54) is 70.6 Å². The van der Waals surface area contributed by atoms with Crippen LogP contribution < -0.4 is 5.32 Å². The van der Waals surface area contributed by atoms with E-state index in [1.54, 1.807) is 0 Å². The Hall–Kier alpha value is -0.770. The lowest BCUT2D eigenvalue weighted by molar-refractivity contribution is 0.0530. The van der Waals surface area contributed by atoms with E-state index in [0.29, 0.717) is 0 Å². The number of ether oxygens (including phenoxy) is 1. The summed E-state index contributed by atoms with van der Waals surface area (Å²) >= 11 is 0. The molecular formula is C21H42N2O2. The molecule has 1 saturated heterocycles. The molecule has 148 valence electrons. The third-order valence-corrected chi connectivity index (χ3v) is 5.23. The molecule has 1 unspecified atom stereocenters. The van der Waals surface area contributed by atoms with Crippen LogP contribution in [-0.4, -0.2) is 43.3 Å². The molecule has 4 nitrogen and oxygen atoms in total. The summed E-state index contributed by atoms with van der Waals surface area (Å²) < 4.78 is 5.69. The molecule has 0 aromatic carbocycles. The van der Waals surface area contributed by atoms with Crippen LogP contribution in [0.5, 0.6) is 0 Å². The molecule has 0 saturated carbocycles. The highest BCUT2D eigenvalue weighted by Crippen LogP contribution is 2.15. The lowest BCUT2D eigenvalue weighted by Crippen LogP contribution is -2.47. The van der Waals surface area contributed by atoms with Crippen molar-refractivity contribution in [1.82, 2.24) is 10.2 Å². The van der Waals surface area contributed by atoms with Crippen LogP contribution in [0.3, 0.4) is 0 Å². The van der Waals surface area contributed by atoms with Crippen molar-refractivity contribution >= 4 is 6.09 Å². The highest BCUT2D eigenvalue weighted by atomic mass is 16.6. The average Bonchev–Trinajstić information content (AvgIpc) is 2.65. The third kappa shape index (κ3) is 11.5. The Bertz CT molecular complexity index is 317. The summed E-state index contributed by atoms with van der Waals surface area (Å²) in [4.78, 5) is 14.0. The molecule has 0 bridgehead atoms. The minimum atomic E-state index is -0.114. The van der Waals surface area contributed by atoms with E-state index >= 15 is 0 Å². The Kier molecular flexibility index (Phi) is 13.8. The second-order valence-corrected chi connectivity index (χ2v) is 7.48. The highest BCUT2D eigenvalue weighted by molar-refractivity contribution is 5.68. The van der Waals surface area contributed by atoms with Crippen LogP contribution in [0, 0.1) is 0 Å². The number of rotatable bonds is 14. The summed E-state index contributed by atoms with van der Waals surface area (Å²) in [6.45, 7) is 7.69. The van der Waals surface area contributed by atoms with E-state index in [2.05, 4.69) is 19.2 Å². The van der Waals surface area contributed by atoms with Crippen LogP contribution >= 0.6 is 0 Å². The first kappa shape index (κ1) is 22.3. The fraction of sp³-hybridized carbons (Fsp3) is 0.952. The maximum Gasteiger partial charge on any atom is 0.410 e. The molecule has 1 fully saturated rings. The van der Waals surface area contributed by atoms with Crippen molar-refractivity contribution in [2.75, 3.05) is 26.2 Å². The second kappa shape index (κ2) is 15.5.